The van der Waals surface area contributed by atoms with Crippen molar-refractivity contribution in [2.75, 3.05) is 39.1 Å². The molecule has 0 bridgehead atoms. The average molecular weight is 664 g/mol. The topological polar surface area (TPSA) is 124 Å². The zero-order valence-corrected chi connectivity index (χ0v) is 27.3. The number of halogens is 3. The molecule has 1 aliphatic carbocycles. The van der Waals surface area contributed by atoms with Crippen molar-refractivity contribution in [3.05, 3.63) is 53.3 Å². The van der Waals surface area contributed by atoms with Crippen LogP contribution in [0.1, 0.15) is 65.3 Å². The van der Waals surface area contributed by atoms with Gasteiger partial charge in [0, 0.05) is 49.3 Å². The molecule has 48 heavy (non-hydrogen) atoms. The molecule has 1 aliphatic heterocycles. The summed E-state index contributed by atoms with van der Waals surface area (Å²) < 4.78 is 46.6. The minimum Gasteiger partial charge on any atom is -0.495 e. The number of anilines is 1. The molecule has 1 aromatic heterocycles. The smallest absolute Gasteiger partial charge is 0.406 e. The van der Waals surface area contributed by atoms with Gasteiger partial charge in [-0.2, -0.15) is 18.4 Å². The Bertz CT molecular complexity index is 1750. The quantitative estimate of drug-likeness (QED) is 0.292. The van der Waals surface area contributed by atoms with Crippen LogP contribution in [0, 0.1) is 35.0 Å². The Kier molecular flexibility index (Phi) is 10.8. The molecule has 2 fully saturated rings. The number of likely N-dealkylation sites (tertiary alicyclic amines) is 1. The molecule has 0 radical (unpaired) electrons. The molecule has 13 heteroatoms. The average Bonchev–Trinajstić information content (AvgIpc) is 3.47. The van der Waals surface area contributed by atoms with E-state index >= 15 is 0 Å². The number of alkyl halides is 3. The summed E-state index contributed by atoms with van der Waals surface area (Å²) in [5.74, 6) is 6.06. The van der Waals surface area contributed by atoms with Gasteiger partial charge in [-0.1, -0.05) is 18.8 Å². The van der Waals surface area contributed by atoms with Crippen LogP contribution in [0.25, 0.3) is 11.0 Å². The van der Waals surface area contributed by atoms with Crippen molar-refractivity contribution in [2.24, 2.45) is 11.8 Å². The summed E-state index contributed by atoms with van der Waals surface area (Å²) >= 11 is 0. The van der Waals surface area contributed by atoms with Crippen molar-refractivity contribution in [1.82, 2.24) is 25.1 Å². The second-order valence-corrected chi connectivity index (χ2v) is 12.5. The molecule has 254 valence electrons. The predicted molar refractivity (Wildman–Crippen MR) is 176 cm³/mol. The molecule has 3 N–H and O–H groups in total. The normalized spacial score (nSPS) is 21.4. The van der Waals surface area contributed by atoms with E-state index in [0.29, 0.717) is 28.6 Å². The number of benzene rings is 2. The molecule has 0 spiro atoms. The molecule has 2 aromatic carbocycles. The van der Waals surface area contributed by atoms with Gasteiger partial charge in [0.2, 0.25) is 0 Å². The van der Waals surface area contributed by atoms with Crippen molar-refractivity contribution in [3.8, 4) is 23.7 Å². The number of nitrogens with one attached hydrogen (secondary N) is 3. The number of hydrogen-bond acceptors (Lipinski definition) is 7. The number of hydrogen-bond donors (Lipinski definition) is 3. The van der Waals surface area contributed by atoms with Crippen molar-refractivity contribution in [1.29, 1.82) is 5.26 Å². The lowest BCUT2D eigenvalue weighted by Crippen LogP contribution is -2.53. The van der Waals surface area contributed by atoms with Crippen LogP contribution >= 0.6 is 0 Å². The Hall–Kier alpha value is -4.75. The van der Waals surface area contributed by atoms with Crippen LogP contribution in [-0.4, -0.2) is 78.3 Å². The lowest BCUT2D eigenvalue weighted by molar-refractivity contribution is -0.139. The largest absolute Gasteiger partial charge is 0.495 e. The highest BCUT2D eigenvalue weighted by molar-refractivity contribution is 6.05. The third-order valence-electron chi connectivity index (χ3n) is 9.26. The first kappa shape index (κ1) is 34.6. The Morgan fingerprint density at radius 2 is 1.88 bits per heavy atom. The van der Waals surface area contributed by atoms with Crippen LogP contribution in [0.2, 0.25) is 0 Å². The Labute approximate surface area is 278 Å². The van der Waals surface area contributed by atoms with E-state index < -0.39 is 18.6 Å². The first-order chi connectivity index (χ1) is 23.0. The number of piperidine rings is 1. The second kappa shape index (κ2) is 15.0. The molecule has 1 saturated heterocycles. The van der Waals surface area contributed by atoms with Crippen molar-refractivity contribution in [2.45, 2.75) is 63.8 Å². The standard InChI is InChI=1S/C35H40F3N7O3/c1-22-19-44(26-9-6-23(18-39)7-10-26)14-12-28(22)43-34(47)27-15-24(16-30-32(27)42-21-45(30)20-35(36,37)38)5-4-13-41-29-17-25(33(46)40-2)8-11-31(29)48-3/h8,11,15-17,21-23,26,28,41H,6-7,9-10,12-14,19-20H2,1-3H3,(H,40,46)(H,43,47)/t22-,23?,26?,28-/m0/s1. The highest BCUT2D eigenvalue weighted by Gasteiger charge is 2.34. The van der Waals surface area contributed by atoms with Crippen LogP contribution in [0.3, 0.4) is 0 Å². The fraction of sp³-hybridized carbons (Fsp3) is 0.486. The van der Waals surface area contributed by atoms with Gasteiger partial charge in [-0.25, -0.2) is 4.98 Å². The van der Waals surface area contributed by atoms with E-state index in [1.807, 2.05) is 0 Å². The third-order valence-corrected chi connectivity index (χ3v) is 9.26. The molecule has 2 amide bonds. The maximum Gasteiger partial charge on any atom is 0.406 e. The summed E-state index contributed by atoms with van der Waals surface area (Å²) in [4.78, 5) is 32.5. The number of aromatic nitrogens is 2. The van der Waals surface area contributed by atoms with Gasteiger partial charge in [-0.05, 0) is 68.4 Å². The fourth-order valence-corrected chi connectivity index (χ4v) is 6.69. The number of ether oxygens (including phenoxy) is 1. The first-order valence-electron chi connectivity index (χ1n) is 16.1. The van der Waals surface area contributed by atoms with Gasteiger partial charge >= 0.3 is 6.18 Å². The summed E-state index contributed by atoms with van der Waals surface area (Å²) in [6.45, 7) is 2.61. The van der Waals surface area contributed by atoms with Crippen molar-refractivity contribution >= 4 is 28.5 Å². The van der Waals surface area contributed by atoms with Gasteiger partial charge < -0.3 is 25.3 Å². The maximum absolute atomic E-state index is 13.7. The van der Waals surface area contributed by atoms with Crippen LogP contribution < -0.4 is 20.7 Å². The monoisotopic (exact) mass is 663 g/mol. The minimum absolute atomic E-state index is 0.115. The Balaban J connectivity index is 1.33. The maximum atomic E-state index is 13.7. The van der Waals surface area contributed by atoms with Gasteiger partial charge in [-0.3, -0.25) is 14.5 Å². The van der Waals surface area contributed by atoms with E-state index in [1.54, 1.807) is 24.3 Å². The van der Waals surface area contributed by atoms with E-state index in [1.165, 1.54) is 20.2 Å². The number of carbonyl (C=O) groups excluding carboxylic acids is 2. The molecular weight excluding hydrogens is 623 g/mol. The fourth-order valence-electron chi connectivity index (χ4n) is 6.69. The molecule has 2 aliphatic rings. The SMILES string of the molecule is CNC(=O)c1ccc(OC)c(NCC#Cc2cc(C(=O)N[C@H]3CCN(C4CCC(C#N)CC4)C[C@@H]3C)c3ncn(CC(F)(F)F)c3c2)c1. The molecule has 0 unspecified atom stereocenters. The number of fused-ring (bicyclic) bond motifs is 1. The van der Waals surface area contributed by atoms with Gasteiger partial charge in [0.15, 0.2) is 0 Å². The summed E-state index contributed by atoms with van der Waals surface area (Å²) in [5, 5.41) is 18.1. The third kappa shape index (κ3) is 8.20. The molecule has 3 aromatic rings. The Morgan fingerprint density at radius 1 is 1.10 bits per heavy atom. The van der Waals surface area contributed by atoms with Crippen molar-refractivity contribution < 1.29 is 27.5 Å². The van der Waals surface area contributed by atoms with Crippen LogP contribution in [-0.2, 0) is 6.54 Å². The number of rotatable bonds is 8. The molecule has 2 heterocycles. The number of carbonyl (C=O) groups is 2. The van der Waals surface area contributed by atoms with Crippen LogP contribution in [0.5, 0.6) is 5.75 Å². The summed E-state index contributed by atoms with van der Waals surface area (Å²) in [7, 11) is 3.04. The van der Waals surface area contributed by atoms with E-state index in [0.717, 1.165) is 56.1 Å². The number of methoxy groups -OCH3 is 1. The van der Waals surface area contributed by atoms with Crippen LogP contribution in [0.4, 0.5) is 18.9 Å². The zero-order chi connectivity index (χ0) is 34.4. The number of nitriles is 1. The summed E-state index contributed by atoms with van der Waals surface area (Å²) in [5.41, 5.74) is 1.83. The van der Waals surface area contributed by atoms with E-state index in [2.05, 4.69) is 50.7 Å². The first-order valence-corrected chi connectivity index (χ1v) is 16.1. The van der Waals surface area contributed by atoms with E-state index in [-0.39, 0.29) is 46.9 Å². The van der Waals surface area contributed by atoms with Crippen molar-refractivity contribution in [3.63, 3.8) is 0 Å². The Morgan fingerprint density at radius 3 is 2.54 bits per heavy atom. The van der Waals surface area contributed by atoms with Gasteiger partial charge in [0.25, 0.3) is 11.8 Å². The number of amides is 2. The summed E-state index contributed by atoms with van der Waals surface area (Å²) in [6.07, 6.45) is 1.18. The van der Waals surface area contributed by atoms with Gasteiger partial charge in [0.05, 0.1) is 42.8 Å². The predicted octanol–water partition coefficient (Wildman–Crippen LogP) is 4.95. The molecular formula is C35H40F3N7O3. The lowest BCUT2D eigenvalue weighted by atomic mass is 9.84. The highest BCUT2D eigenvalue weighted by atomic mass is 19.4. The molecule has 1 saturated carbocycles. The molecule has 10 nitrogen and oxygen atoms in total. The minimum atomic E-state index is -4.48. The van der Waals surface area contributed by atoms with Gasteiger partial charge in [-0.15, -0.1) is 0 Å². The number of nitrogens with zero attached hydrogens (tertiary/aromatic N) is 4. The highest BCUT2D eigenvalue weighted by Crippen LogP contribution is 2.31. The van der Waals surface area contributed by atoms with Gasteiger partial charge in [0.1, 0.15) is 17.8 Å². The van der Waals surface area contributed by atoms with E-state index in [4.69, 9.17) is 4.74 Å². The molecule has 5 rings (SSSR count). The summed E-state index contributed by atoms with van der Waals surface area (Å²) in [6, 6.07) is 10.7. The number of imidazole rings is 1. The van der Waals surface area contributed by atoms with E-state index in [9.17, 15) is 28.0 Å². The zero-order valence-electron chi connectivity index (χ0n) is 27.3. The lowest BCUT2D eigenvalue weighted by Gasteiger charge is -2.43. The molecule has 2 atom stereocenters. The van der Waals surface area contributed by atoms with Crippen LogP contribution in [0.15, 0.2) is 36.7 Å². The second-order valence-electron chi connectivity index (χ2n) is 12.5.